The zero-order chi connectivity index (χ0) is 25.1. The Bertz CT molecular complexity index is 1570. The zero-order valence-electron chi connectivity index (χ0n) is 19.5. The van der Waals surface area contributed by atoms with Gasteiger partial charge in [-0.15, -0.1) is 5.10 Å². The molecule has 0 spiro atoms. The number of amides is 1. The molecule has 1 amide bonds. The van der Waals surface area contributed by atoms with Crippen LogP contribution in [-0.2, 0) is 0 Å². The lowest BCUT2D eigenvalue weighted by molar-refractivity contribution is 0.0950. The summed E-state index contributed by atoms with van der Waals surface area (Å²) < 4.78 is 11.5. The third-order valence-electron chi connectivity index (χ3n) is 5.51. The van der Waals surface area contributed by atoms with Crippen LogP contribution in [0.15, 0.2) is 76.5 Å². The van der Waals surface area contributed by atoms with Gasteiger partial charge in [0.15, 0.2) is 5.69 Å². The van der Waals surface area contributed by atoms with Crippen molar-refractivity contribution >= 4 is 28.2 Å². The fraction of sp³-hybridized carbons (Fsp3) is 0.120. The molecule has 36 heavy (non-hydrogen) atoms. The number of fused-ring (bicyclic) bond motifs is 1. The van der Waals surface area contributed by atoms with Crippen LogP contribution in [0.3, 0.4) is 0 Å². The van der Waals surface area contributed by atoms with Gasteiger partial charge in [0.25, 0.3) is 5.91 Å². The van der Waals surface area contributed by atoms with Crippen LogP contribution in [0.25, 0.3) is 27.8 Å². The first-order chi connectivity index (χ1) is 17.5. The number of aromatic nitrogens is 5. The number of benzene rings is 3. The molecular formula is C25H22N8O3. The molecule has 2 heterocycles. The number of rotatable bonds is 7. The average molecular weight is 483 g/mol. The minimum atomic E-state index is -0.555. The summed E-state index contributed by atoms with van der Waals surface area (Å²) in [7, 11) is 0. The van der Waals surface area contributed by atoms with E-state index >= 15 is 0 Å². The Morgan fingerprint density at radius 2 is 1.86 bits per heavy atom. The van der Waals surface area contributed by atoms with Crippen molar-refractivity contribution in [2.24, 2.45) is 5.10 Å². The number of hydrogen-bond acceptors (Lipinski definition) is 9. The van der Waals surface area contributed by atoms with Gasteiger partial charge in [-0.1, -0.05) is 41.6 Å². The molecule has 0 saturated carbocycles. The van der Waals surface area contributed by atoms with Crippen molar-refractivity contribution in [1.82, 2.24) is 30.7 Å². The quantitative estimate of drug-likeness (QED) is 0.264. The molecule has 5 aromatic rings. The Morgan fingerprint density at radius 1 is 1.08 bits per heavy atom. The molecule has 0 aliphatic carbocycles. The fourth-order valence-electron chi connectivity index (χ4n) is 3.72. The lowest BCUT2D eigenvalue weighted by Gasteiger charge is -2.08. The van der Waals surface area contributed by atoms with Gasteiger partial charge < -0.3 is 10.5 Å². The summed E-state index contributed by atoms with van der Waals surface area (Å²) in [4.78, 5) is 13.2. The van der Waals surface area contributed by atoms with Crippen LogP contribution in [0.1, 0.15) is 29.9 Å². The number of nitrogen functional groups attached to an aromatic ring is 1. The smallest absolute Gasteiger partial charge is 0.294 e. The molecule has 0 fully saturated rings. The average Bonchev–Trinajstić information content (AvgIpc) is 3.53. The minimum Gasteiger partial charge on any atom is -0.494 e. The number of hydrazone groups is 1. The SMILES string of the molecule is CCOc1ccc(-c2c(C(=O)N/N=C(\C)c3ccc4ccccc4c3)nnn2-c2nonc2N)cc1. The van der Waals surface area contributed by atoms with Gasteiger partial charge in [0, 0.05) is 5.56 Å². The predicted molar refractivity (Wildman–Crippen MR) is 134 cm³/mol. The van der Waals surface area contributed by atoms with E-state index in [1.807, 2.05) is 56.3 Å². The van der Waals surface area contributed by atoms with Crippen LogP contribution in [0, 0.1) is 0 Å². The number of carbonyl (C=O) groups excluding carboxylic acids is 1. The molecule has 11 nitrogen and oxygen atoms in total. The zero-order valence-corrected chi connectivity index (χ0v) is 19.5. The number of ether oxygens (including phenoxy) is 1. The predicted octanol–water partition coefficient (Wildman–Crippen LogP) is 3.61. The van der Waals surface area contributed by atoms with E-state index < -0.39 is 5.91 Å². The lowest BCUT2D eigenvalue weighted by Crippen LogP contribution is -2.21. The molecule has 0 atom stereocenters. The van der Waals surface area contributed by atoms with Crippen molar-refractivity contribution in [3.63, 3.8) is 0 Å². The van der Waals surface area contributed by atoms with E-state index in [9.17, 15) is 4.79 Å². The van der Waals surface area contributed by atoms with Gasteiger partial charge in [0.05, 0.1) is 12.3 Å². The Hall–Kier alpha value is -5.06. The normalized spacial score (nSPS) is 11.6. The second kappa shape index (κ2) is 9.66. The van der Waals surface area contributed by atoms with Gasteiger partial charge in [-0.2, -0.15) is 9.78 Å². The van der Waals surface area contributed by atoms with E-state index in [4.69, 9.17) is 15.1 Å². The van der Waals surface area contributed by atoms with Gasteiger partial charge in [-0.25, -0.2) is 10.1 Å². The lowest BCUT2D eigenvalue weighted by atomic mass is 10.0. The molecule has 0 aliphatic rings. The summed E-state index contributed by atoms with van der Waals surface area (Å²) in [6.45, 7) is 4.24. The molecular weight excluding hydrogens is 460 g/mol. The Balaban J connectivity index is 1.48. The van der Waals surface area contributed by atoms with Crippen molar-refractivity contribution in [3.05, 3.63) is 78.0 Å². The van der Waals surface area contributed by atoms with Crippen molar-refractivity contribution in [1.29, 1.82) is 0 Å². The van der Waals surface area contributed by atoms with Gasteiger partial charge in [0.1, 0.15) is 11.4 Å². The van der Waals surface area contributed by atoms with E-state index in [1.165, 1.54) is 4.68 Å². The molecule has 5 rings (SSSR count). The highest BCUT2D eigenvalue weighted by Crippen LogP contribution is 2.28. The van der Waals surface area contributed by atoms with Crippen molar-refractivity contribution in [2.75, 3.05) is 12.3 Å². The molecule has 2 aromatic heterocycles. The van der Waals surface area contributed by atoms with Crippen LogP contribution in [0.2, 0.25) is 0 Å². The maximum Gasteiger partial charge on any atom is 0.294 e. The summed E-state index contributed by atoms with van der Waals surface area (Å²) in [6, 6.07) is 21.1. The molecule has 0 radical (unpaired) electrons. The standard InChI is InChI=1S/C25H22N8O3/c1-3-35-20-12-10-17(11-13-20)22-21(28-32-33(22)24-23(26)30-36-31-24)25(34)29-27-15(2)18-9-8-16-6-4-5-7-19(16)14-18/h4-14H,3H2,1-2H3,(H2,26,30)(H,29,34)/b27-15+. The number of nitrogens with one attached hydrogen (secondary N) is 1. The highest BCUT2D eigenvalue weighted by atomic mass is 16.6. The highest BCUT2D eigenvalue weighted by molar-refractivity contribution is 6.04. The third kappa shape index (κ3) is 4.37. The molecule has 11 heteroatoms. The van der Waals surface area contributed by atoms with Gasteiger partial charge in [-0.3, -0.25) is 4.79 Å². The van der Waals surface area contributed by atoms with Crippen molar-refractivity contribution in [2.45, 2.75) is 13.8 Å². The molecule has 3 aromatic carbocycles. The second-order valence-corrected chi connectivity index (χ2v) is 7.83. The van der Waals surface area contributed by atoms with E-state index in [-0.39, 0.29) is 17.3 Å². The number of anilines is 1. The molecule has 3 N–H and O–H groups in total. The first-order valence-corrected chi connectivity index (χ1v) is 11.2. The Labute approximate surface area is 205 Å². The maximum atomic E-state index is 13.2. The van der Waals surface area contributed by atoms with Crippen LogP contribution < -0.4 is 15.9 Å². The van der Waals surface area contributed by atoms with Crippen molar-refractivity contribution < 1.29 is 14.2 Å². The molecule has 0 saturated heterocycles. The van der Waals surface area contributed by atoms with E-state index in [2.05, 4.69) is 31.2 Å². The summed E-state index contributed by atoms with van der Waals surface area (Å²) in [5, 5.41) is 22.0. The number of nitrogens with zero attached hydrogens (tertiary/aromatic N) is 6. The Kier molecular flexibility index (Phi) is 6.10. The van der Waals surface area contributed by atoms with Gasteiger partial charge in [-0.05, 0) is 70.8 Å². The first kappa shape index (κ1) is 22.7. The van der Waals surface area contributed by atoms with Crippen LogP contribution in [0.5, 0.6) is 5.75 Å². The highest BCUT2D eigenvalue weighted by Gasteiger charge is 2.25. The number of nitrogens with two attached hydrogens (primary N) is 1. The first-order valence-electron chi connectivity index (χ1n) is 11.2. The summed E-state index contributed by atoms with van der Waals surface area (Å²) >= 11 is 0. The van der Waals surface area contributed by atoms with Crippen molar-refractivity contribution in [3.8, 4) is 22.8 Å². The van der Waals surface area contributed by atoms with E-state index in [1.54, 1.807) is 24.3 Å². The number of carbonyl (C=O) groups is 1. The minimum absolute atomic E-state index is 0.00390. The van der Waals surface area contributed by atoms with Gasteiger partial charge in [0.2, 0.25) is 11.6 Å². The second-order valence-electron chi connectivity index (χ2n) is 7.83. The molecule has 180 valence electrons. The van der Waals surface area contributed by atoms with Crippen LogP contribution in [0.4, 0.5) is 5.82 Å². The summed E-state index contributed by atoms with van der Waals surface area (Å²) in [5.41, 5.74) is 11.0. The van der Waals surface area contributed by atoms with Crippen LogP contribution >= 0.6 is 0 Å². The summed E-state index contributed by atoms with van der Waals surface area (Å²) in [5.74, 6) is 0.246. The molecule has 0 aliphatic heterocycles. The van der Waals surface area contributed by atoms with E-state index in [0.717, 1.165) is 16.3 Å². The van der Waals surface area contributed by atoms with E-state index in [0.29, 0.717) is 29.3 Å². The monoisotopic (exact) mass is 482 g/mol. The topological polar surface area (TPSA) is 146 Å². The largest absolute Gasteiger partial charge is 0.494 e. The number of hydrogen-bond donors (Lipinski definition) is 2. The van der Waals surface area contributed by atoms with Gasteiger partial charge >= 0.3 is 0 Å². The fourth-order valence-corrected chi connectivity index (χ4v) is 3.72. The molecule has 0 unspecified atom stereocenters. The Morgan fingerprint density at radius 3 is 2.58 bits per heavy atom. The summed E-state index contributed by atoms with van der Waals surface area (Å²) in [6.07, 6.45) is 0. The van der Waals surface area contributed by atoms with Crippen LogP contribution in [-0.4, -0.2) is 43.5 Å². The third-order valence-corrected chi connectivity index (χ3v) is 5.51. The maximum absolute atomic E-state index is 13.2. The molecule has 0 bridgehead atoms.